The van der Waals surface area contributed by atoms with Gasteiger partial charge in [-0.2, -0.15) is 0 Å². The molecule has 0 atom stereocenters. The first-order valence-corrected chi connectivity index (χ1v) is 6.20. The van der Waals surface area contributed by atoms with Crippen LogP contribution in [0, 0.1) is 0 Å². The monoisotopic (exact) mass is 234 g/mol. The summed E-state index contributed by atoms with van der Waals surface area (Å²) in [5.41, 5.74) is 1.66. The van der Waals surface area contributed by atoms with E-state index in [4.69, 9.17) is 0 Å². The van der Waals surface area contributed by atoms with Crippen LogP contribution >= 0.6 is 0 Å². The molecule has 0 amide bonds. The number of carbonyl (C=O) groups excluding carboxylic acids is 1. The van der Waals surface area contributed by atoms with Crippen molar-refractivity contribution in [2.24, 2.45) is 0 Å². The van der Waals surface area contributed by atoms with Gasteiger partial charge in [0.05, 0.1) is 0 Å². The van der Waals surface area contributed by atoms with E-state index in [1.165, 1.54) is 6.07 Å². The fourth-order valence-corrected chi connectivity index (χ4v) is 2.31. The van der Waals surface area contributed by atoms with E-state index in [2.05, 4.69) is 5.32 Å². The average Bonchev–Trinajstić information content (AvgIpc) is 2.32. The van der Waals surface area contributed by atoms with Gasteiger partial charge in [-0.1, -0.05) is 6.92 Å². The average molecular weight is 234 g/mol. The van der Waals surface area contributed by atoms with Gasteiger partial charge in [0.25, 0.3) is 5.56 Å². The Labute approximate surface area is 101 Å². The first-order chi connectivity index (χ1) is 8.24. The lowest BCUT2D eigenvalue weighted by atomic mass is 9.94. The van der Waals surface area contributed by atoms with Crippen LogP contribution in [-0.2, 0) is 13.0 Å². The molecule has 0 unspecified atom stereocenters. The number of hydrogen-bond donors (Lipinski definition) is 1. The Kier molecular flexibility index (Phi) is 3.74. The molecular formula is C13H18N2O2. The lowest BCUT2D eigenvalue weighted by Gasteiger charge is -2.19. The molecule has 0 saturated heterocycles. The van der Waals surface area contributed by atoms with Gasteiger partial charge in [-0.15, -0.1) is 0 Å². The largest absolute Gasteiger partial charge is 0.315 e. The van der Waals surface area contributed by atoms with Gasteiger partial charge in [0.2, 0.25) is 0 Å². The molecule has 0 aromatic carbocycles. The number of rotatable bonds is 4. The SMILES string of the molecule is CCNCCn1c2c(ccc1=O)C(=O)CCC2. The third kappa shape index (κ3) is 2.47. The summed E-state index contributed by atoms with van der Waals surface area (Å²) in [6.07, 6.45) is 2.30. The van der Waals surface area contributed by atoms with Crippen LogP contribution in [0.5, 0.6) is 0 Å². The fraction of sp³-hybridized carbons (Fsp3) is 0.538. The smallest absolute Gasteiger partial charge is 0.250 e. The lowest BCUT2D eigenvalue weighted by molar-refractivity contribution is 0.0970. The fourth-order valence-electron chi connectivity index (χ4n) is 2.31. The van der Waals surface area contributed by atoms with Crippen LogP contribution in [0.2, 0.25) is 0 Å². The number of Topliss-reactive ketones (excluding diaryl/α,β-unsaturated/α-hetero) is 1. The van der Waals surface area contributed by atoms with Crippen LogP contribution in [0.4, 0.5) is 0 Å². The van der Waals surface area contributed by atoms with Crippen LogP contribution in [0.25, 0.3) is 0 Å². The maximum Gasteiger partial charge on any atom is 0.250 e. The van der Waals surface area contributed by atoms with E-state index in [0.29, 0.717) is 13.0 Å². The van der Waals surface area contributed by atoms with E-state index < -0.39 is 0 Å². The Balaban J connectivity index is 2.33. The Morgan fingerprint density at radius 1 is 1.29 bits per heavy atom. The molecule has 0 aliphatic heterocycles. The zero-order valence-electron chi connectivity index (χ0n) is 10.2. The molecule has 1 aromatic rings. The van der Waals surface area contributed by atoms with Crippen LogP contribution < -0.4 is 10.9 Å². The molecule has 0 spiro atoms. The predicted molar refractivity (Wildman–Crippen MR) is 66.5 cm³/mol. The van der Waals surface area contributed by atoms with Crippen molar-refractivity contribution in [2.45, 2.75) is 32.7 Å². The maximum atomic E-state index is 11.8. The predicted octanol–water partition coefficient (Wildman–Crippen LogP) is 0.977. The molecule has 1 aliphatic rings. The number of ketones is 1. The molecule has 1 aliphatic carbocycles. The van der Waals surface area contributed by atoms with E-state index in [9.17, 15) is 9.59 Å². The Morgan fingerprint density at radius 2 is 2.12 bits per heavy atom. The molecule has 1 aromatic heterocycles. The summed E-state index contributed by atoms with van der Waals surface area (Å²) < 4.78 is 1.75. The standard InChI is InChI=1S/C13H18N2O2/c1-2-14-8-9-15-11-4-3-5-12(16)10(11)6-7-13(15)17/h6-7,14H,2-5,8-9H2,1H3. The molecule has 4 heteroatoms. The highest BCUT2D eigenvalue weighted by atomic mass is 16.1. The minimum atomic E-state index is -0.00338. The summed E-state index contributed by atoms with van der Waals surface area (Å²) in [5, 5.41) is 3.20. The van der Waals surface area contributed by atoms with Gasteiger partial charge in [-0.25, -0.2) is 0 Å². The topological polar surface area (TPSA) is 51.1 Å². The number of nitrogens with one attached hydrogen (secondary N) is 1. The quantitative estimate of drug-likeness (QED) is 0.790. The van der Waals surface area contributed by atoms with Crippen molar-refractivity contribution in [3.63, 3.8) is 0 Å². The number of likely N-dealkylation sites (N-methyl/N-ethyl adjacent to an activating group) is 1. The van der Waals surface area contributed by atoms with Gasteiger partial charge in [0, 0.05) is 36.8 Å². The normalized spacial score (nSPS) is 14.8. The molecule has 1 heterocycles. The highest BCUT2D eigenvalue weighted by Crippen LogP contribution is 2.19. The summed E-state index contributed by atoms with van der Waals surface area (Å²) in [6.45, 7) is 4.33. The number of hydrogen-bond acceptors (Lipinski definition) is 3. The van der Waals surface area contributed by atoms with E-state index in [1.807, 2.05) is 6.92 Å². The molecule has 0 saturated carbocycles. The van der Waals surface area contributed by atoms with Crippen molar-refractivity contribution in [3.8, 4) is 0 Å². The maximum absolute atomic E-state index is 11.8. The van der Waals surface area contributed by atoms with E-state index in [1.54, 1.807) is 10.6 Å². The van der Waals surface area contributed by atoms with Crippen molar-refractivity contribution < 1.29 is 4.79 Å². The van der Waals surface area contributed by atoms with Crippen LogP contribution in [0.3, 0.4) is 0 Å². The van der Waals surface area contributed by atoms with Gasteiger partial charge in [0.1, 0.15) is 0 Å². The first-order valence-electron chi connectivity index (χ1n) is 6.20. The molecule has 4 nitrogen and oxygen atoms in total. The second-order valence-electron chi connectivity index (χ2n) is 4.31. The van der Waals surface area contributed by atoms with Gasteiger partial charge >= 0.3 is 0 Å². The minimum Gasteiger partial charge on any atom is -0.315 e. The summed E-state index contributed by atoms with van der Waals surface area (Å²) in [7, 11) is 0. The molecule has 1 N–H and O–H groups in total. The second kappa shape index (κ2) is 5.27. The third-order valence-corrected chi connectivity index (χ3v) is 3.18. The number of pyridine rings is 1. The molecule has 0 bridgehead atoms. The zero-order valence-corrected chi connectivity index (χ0v) is 10.2. The molecular weight excluding hydrogens is 216 g/mol. The number of fused-ring (bicyclic) bond motifs is 1. The number of carbonyl (C=O) groups is 1. The van der Waals surface area contributed by atoms with Crippen molar-refractivity contribution in [2.75, 3.05) is 13.1 Å². The summed E-state index contributed by atoms with van der Waals surface area (Å²) >= 11 is 0. The summed E-state index contributed by atoms with van der Waals surface area (Å²) in [5.74, 6) is 0.170. The minimum absolute atomic E-state index is 0.00338. The highest BCUT2D eigenvalue weighted by molar-refractivity contribution is 5.97. The van der Waals surface area contributed by atoms with Gasteiger partial charge in [-0.05, 0) is 25.5 Å². The molecule has 0 radical (unpaired) electrons. The Bertz CT molecular complexity index is 477. The third-order valence-electron chi connectivity index (χ3n) is 3.18. The van der Waals surface area contributed by atoms with E-state index in [0.717, 1.165) is 37.2 Å². The van der Waals surface area contributed by atoms with Crippen molar-refractivity contribution in [1.82, 2.24) is 9.88 Å². The lowest BCUT2D eigenvalue weighted by Crippen LogP contribution is -2.31. The summed E-state index contributed by atoms with van der Waals surface area (Å²) in [4.78, 5) is 23.6. The second-order valence-corrected chi connectivity index (χ2v) is 4.31. The highest BCUT2D eigenvalue weighted by Gasteiger charge is 2.20. The first kappa shape index (κ1) is 12.0. The molecule has 17 heavy (non-hydrogen) atoms. The summed E-state index contributed by atoms with van der Waals surface area (Å²) in [6, 6.07) is 3.19. The van der Waals surface area contributed by atoms with E-state index >= 15 is 0 Å². The van der Waals surface area contributed by atoms with Crippen molar-refractivity contribution in [1.29, 1.82) is 0 Å². The van der Waals surface area contributed by atoms with Crippen LogP contribution in [0.1, 0.15) is 35.8 Å². The Morgan fingerprint density at radius 3 is 2.88 bits per heavy atom. The van der Waals surface area contributed by atoms with Gasteiger partial charge < -0.3 is 9.88 Å². The van der Waals surface area contributed by atoms with Crippen molar-refractivity contribution in [3.05, 3.63) is 33.7 Å². The molecule has 92 valence electrons. The molecule has 2 rings (SSSR count). The number of aromatic nitrogens is 1. The molecule has 0 fully saturated rings. The zero-order chi connectivity index (χ0) is 12.3. The van der Waals surface area contributed by atoms with Crippen molar-refractivity contribution >= 4 is 5.78 Å². The van der Waals surface area contributed by atoms with Gasteiger partial charge in [0.15, 0.2) is 5.78 Å². The number of nitrogens with zero attached hydrogens (tertiary/aromatic N) is 1. The van der Waals surface area contributed by atoms with Crippen LogP contribution in [0.15, 0.2) is 16.9 Å². The van der Waals surface area contributed by atoms with Gasteiger partial charge in [-0.3, -0.25) is 9.59 Å². The van der Waals surface area contributed by atoms with E-state index in [-0.39, 0.29) is 11.3 Å². The van der Waals surface area contributed by atoms with Crippen LogP contribution in [-0.4, -0.2) is 23.4 Å². The Hall–Kier alpha value is -1.42.